The van der Waals surface area contributed by atoms with E-state index in [1.165, 1.54) is 16.2 Å². The number of halogens is 1. The number of hydrogen-bond acceptors (Lipinski definition) is 7. The minimum absolute atomic E-state index is 0.0604. The van der Waals surface area contributed by atoms with Gasteiger partial charge in [-0.15, -0.1) is 11.3 Å². The lowest BCUT2D eigenvalue weighted by Gasteiger charge is -2.29. The van der Waals surface area contributed by atoms with E-state index in [0.717, 1.165) is 15.4 Å². The Morgan fingerprint density at radius 3 is 2.71 bits per heavy atom. The van der Waals surface area contributed by atoms with Gasteiger partial charge in [-0.05, 0) is 25.8 Å². The van der Waals surface area contributed by atoms with E-state index in [4.69, 9.17) is 17.3 Å². The van der Waals surface area contributed by atoms with E-state index < -0.39 is 0 Å². The molecule has 0 radical (unpaired) electrons. The lowest BCUT2D eigenvalue weighted by Crippen LogP contribution is -2.37. The summed E-state index contributed by atoms with van der Waals surface area (Å²) in [5.74, 6) is 0.636. The van der Waals surface area contributed by atoms with Crippen molar-refractivity contribution in [1.82, 2.24) is 14.9 Å². The Morgan fingerprint density at radius 2 is 2.00 bits per heavy atom. The fourth-order valence-corrected chi connectivity index (χ4v) is 5.38. The van der Waals surface area contributed by atoms with Gasteiger partial charge in [0.05, 0.1) is 17.8 Å². The van der Waals surface area contributed by atoms with Crippen LogP contribution in [0.4, 0.5) is 16.8 Å². The summed E-state index contributed by atoms with van der Waals surface area (Å²) in [4.78, 5) is 40.3. The van der Waals surface area contributed by atoms with Gasteiger partial charge in [-0.3, -0.25) is 9.59 Å². The number of nitrogens with zero attached hydrogens (tertiary/aromatic N) is 5. The Morgan fingerprint density at radius 1 is 1.25 bits per heavy atom. The molecule has 28 heavy (non-hydrogen) atoms. The summed E-state index contributed by atoms with van der Waals surface area (Å²) in [6, 6.07) is 0. The van der Waals surface area contributed by atoms with Gasteiger partial charge >= 0.3 is 0 Å². The zero-order valence-corrected chi connectivity index (χ0v) is 17.5. The van der Waals surface area contributed by atoms with Crippen molar-refractivity contribution in [2.24, 2.45) is 0 Å². The first kappa shape index (κ1) is 18.9. The highest BCUT2D eigenvalue weighted by atomic mass is 35.5. The number of aromatic nitrogens is 2. The highest BCUT2D eigenvalue weighted by Gasteiger charge is 2.36. The lowest BCUT2D eigenvalue weighted by atomic mass is 10.0. The first-order valence-electron chi connectivity index (χ1n) is 9.06. The maximum absolute atomic E-state index is 13.0. The van der Waals surface area contributed by atoms with Gasteiger partial charge in [0.2, 0.25) is 11.9 Å². The second kappa shape index (κ2) is 6.89. The van der Waals surface area contributed by atoms with Crippen LogP contribution in [0.1, 0.15) is 33.4 Å². The molecule has 2 aromatic rings. The fraction of sp³-hybridized carbons (Fsp3) is 0.444. The van der Waals surface area contributed by atoms with Gasteiger partial charge in [0.15, 0.2) is 5.82 Å². The van der Waals surface area contributed by atoms with Gasteiger partial charge in [-0.2, -0.15) is 4.98 Å². The van der Waals surface area contributed by atoms with Crippen molar-refractivity contribution in [3.8, 4) is 0 Å². The van der Waals surface area contributed by atoms with E-state index in [2.05, 4.69) is 14.9 Å². The molecular formula is C18H21ClN6O2S. The highest BCUT2D eigenvalue weighted by molar-refractivity contribution is 7.17. The molecule has 0 spiro atoms. The van der Waals surface area contributed by atoms with Crippen molar-refractivity contribution in [1.29, 1.82) is 0 Å². The molecule has 0 atom stereocenters. The Bertz CT molecular complexity index is 991. The average Bonchev–Trinajstić information content (AvgIpc) is 2.98. The Balaban J connectivity index is 1.77. The van der Waals surface area contributed by atoms with Crippen LogP contribution in [0.15, 0.2) is 0 Å². The zero-order valence-electron chi connectivity index (χ0n) is 16.0. The molecule has 0 aliphatic carbocycles. The molecule has 0 fully saturated rings. The number of nitrogens with two attached hydrogens (primary N) is 1. The van der Waals surface area contributed by atoms with Crippen LogP contribution in [0.25, 0.3) is 0 Å². The van der Waals surface area contributed by atoms with Crippen LogP contribution in [0, 0.1) is 6.92 Å². The van der Waals surface area contributed by atoms with Crippen molar-refractivity contribution in [3.05, 3.63) is 26.7 Å². The number of likely N-dealkylation sites (N-methyl/N-ethyl adjacent to an activating group) is 2. The topological polar surface area (TPSA) is 95.7 Å². The van der Waals surface area contributed by atoms with Crippen LogP contribution >= 0.6 is 22.9 Å². The summed E-state index contributed by atoms with van der Waals surface area (Å²) < 4.78 is 0. The second-order valence-electron chi connectivity index (χ2n) is 6.96. The Hall–Kier alpha value is -2.39. The van der Waals surface area contributed by atoms with Gasteiger partial charge in [-0.1, -0.05) is 11.6 Å². The lowest BCUT2D eigenvalue weighted by molar-refractivity contribution is -0.118. The maximum Gasteiger partial charge on any atom is 0.257 e. The molecule has 4 heterocycles. The molecule has 0 bridgehead atoms. The molecule has 2 aromatic heterocycles. The minimum Gasteiger partial charge on any atom is -0.368 e. The molecular weight excluding hydrogens is 400 g/mol. The summed E-state index contributed by atoms with van der Waals surface area (Å²) in [7, 11) is 1.68. The molecule has 0 saturated carbocycles. The fourth-order valence-electron chi connectivity index (χ4n) is 3.74. The average molecular weight is 421 g/mol. The molecule has 2 N–H and O–H groups in total. The van der Waals surface area contributed by atoms with Crippen molar-refractivity contribution >= 4 is 51.5 Å². The molecule has 2 amide bonds. The normalized spacial score (nSPS) is 16.9. The smallest absolute Gasteiger partial charge is 0.257 e. The number of thiophene rings is 1. The Kier molecular flexibility index (Phi) is 4.67. The van der Waals surface area contributed by atoms with E-state index in [9.17, 15) is 9.59 Å². The van der Waals surface area contributed by atoms with Gasteiger partial charge in [0.1, 0.15) is 16.6 Å². The van der Waals surface area contributed by atoms with E-state index in [-0.39, 0.29) is 24.3 Å². The number of carbonyl (C=O) groups excluding carboxylic acids is 2. The summed E-state index contributed by atoms with van der Waals surface area (Å²) >= 11 is 7.93. The van der Waals surface area contributed by atoms with Gasteiger partial charge in [-0.25, -0.2) is 4.98 Å². The van der Waals surface area contributed by atoms with E-state index in [0.29, 0.717) is 48.2 Å². The van der Waals surface area contributed by atoms with Crippen LogP contribution < -0.4 is 15.5 Å². The van der Waals surface area contributed by atoms with Gasteiger partial charge in [0.25, 0.3) is 5.91 Å². The van der Waals surface area contributed by atoms with Gasteiger partial charge < -0.3 is 20.4 Å². The number of rotatable bonds is 2. The summed E-state index contributed by atoms with van der Waals surface area (Å²) in [6.07, 6.45) is 0.672. The van der Waals surface area contributed by atoms with Crippen molar-refractivity contribution in [2.75, 3.05) is 42.2 Å². The monoisotopic (exact) mass is 420 g/mol. The van der Waals surface area contributed by atoms with Crippen molar-refractivity contribution in [3.63, 3.8) is 0 Å². The third-order valence-electron chi connectivity index (χ3n) is 5.15. The number of fused-ring (bicyclic) bond motifs is 3. The number of aryl methyl sites for hydroxylation is 1. The molecule has 2 aliphatic heterocycles. The molecule has 4 rings (SSSR count). The molecule has 148 valence electrons. The number of nitrogen functional groups attached to an aromatic ring is 1. The SMILES string of the molecule is CCN1C(=O)CN(C)C(=O)c2c1sc1c2CCN(c2nc(N)nc(C)c2Cl)C1. The number of hydrogen-bond donors (Lipinski definition) is 1. The van der Waals surface area contributed by atoms with E-state index in [1.54, 1.807) is 18.9 Å². The molecule has 2 aliphatic rings. The minimum atomic E-state index is -0.0922. The summed E-state index contributed by atoms with van der Waals surface area (Å²) in [5.41, 5.74) is 8.14. The van der Waals surface area contributed by atoms with Crippen LogP contribution in [0.3, 0.4) is 0 Å². The largest absolute Gasteiger partial charge is 0.368 e. The van der Waals surface area contributed by atoms with Crippen molar-refractivity contribution in [2.45, 2.75) is 26.8 Å². The van der Waals surface area contributed by atoms with E-state index >= 15 is 0 Å². The van der Waals surface area contributed by atoms with Gasteiger partial charge in [0, 0.05) is 25.0 Å². The third-order valence-corrected chi connectivity index (χ3v) is 6.83. The molecule has 10 heteroatoms. The van der Waals surface area contributed by atoms with Crippen LogP contribution in [-0.2, 0) is 17.8 Å². The summed E-state index contributed by atoms with van der Waals surface area (Å²) in [6.45, 7) is 5.57. The predicted octanol–water partition coefficient (Wildman–Crippen LogP) is 2.08. The highest BCUT2D eigenvalue weighted by Crippen LogP contribution is 2.42. The van der Waals surface area contributed by atoms with Crippen LogP contribution in [0.2, 0.25) is 5.02 Å². The maximum atomic E-state index is 13.0. The molecule has 8 nitrogen and oxygen atoms in total. The Labute approximate surface area is 171 Å². The molecule has 0 aromatic carbocycles. The van der Waals surface area contributed by atoms with Crippen LogP contribution in [-0.4, -0.2) is 53.4 Å². The zero-order chi connectivity index (χ0) is 20.2. The molecule has 0 unspecified atom stereocenters. The first-order valence-corrected chi connectivity index (χ1v) is 10.3. The van der Waals surface area contributed by atoms with Crippen molar-refractivity contribution < 1.29 is 9.59 Å². The quantitative estimate of drug-likeness (QED) is 0.799. The first-order chi connectivity index (χ1) is 13.3. The third kappa shape index (κ3) is 2.89. The number of anilines is 3. The summed E-state index contributed by atoms with van der Waals surface area (Å²) in [5, 5.41) is 1.23. The standard InChI is InChI=1S/C18H21ClN6O2S/c1-4-25-12(26)8-23(3)16(27)13-10-5-6-24(7-11(10)28-17(13)25)15-14(19)9(2)21-18(20)22-15/h4-8H2,1-3H3,(H2,20,21,22). The predicted molar refractivity (Wildman–Crippen MR) is 110 cm³/mol. The number of carbonyl (C=O) groups is 2. The molecule has 0 saturated heterocycles. The van der Waals surface area contributed by atoms with Crippen LogP contribution in [0.5, 0.6) is 0 Å². The second-order valence-corrected chi connectivity index (χ2v) is 8.42. The number of amides is 2. The van der Waals surface area contributed by atoms with E-state index in [1.807, 2.05) is 6.92 Å².